The average molecular weight is 394 g/mol. The Hall–Kier alpha value is -2.71. The monoisotopic (exact) mass is 393 g/mol. The lowest BCUT2D eigenvalue weighted by Crippen LogP contribution is -2.25. The van der Waals surface area contributed by atoms with Crippen LogP contribution < -0.4 is 16.8 Å². The lowest BCUT2D eigenvalue weighted by atomic mass is 9.85. The zero-order valence-electron chi connectivity index (χ0n) is 15.7. The van der Waals surface area contributed by atoms with Gasteiger partial charge in [0.2, 0.25) is 0 Å². The highest BCUT2D eigenvalue weighted by Gasteiger charge is 2.23. The number of anilines is 3. The molecule has 3 heterocycles. The second kappa shape index (κ2) is 6.72. The van der Waals surface area contributed by atoms with Gasteiger partial charge >= 0.3 is 0 Å². The number of hydrogen-bond acceptors (Lipinski definition) is 7. The Morgan fingerprint density at radius 2 is 1.96 bits per heavy atom. The molecule has 1 aliphatic carbocycles. The molecule has 3 aromatic heterocycles. The van der Waals surface area contributed by atoms with Crippen molar-refractivity contribution in [1.29, 1.82) is 0 Å². The minimum absolute atomic E-state index is 0.323. The van der Waals surface area contributed by atoms with E-state index in [1.165, 1.54) is 4.70 Å². The smallest absolute Gasteiger partial charge is 0.177 e. The summed E-state index contributed by atoms with van der Waals surface area (Å²) in [6.45, 7) is 2.02. The van der Waals surface area contributed by atoms with Crippen molar-refractivity contribution < 1.29 is 0 Å². The highest BCUT2D eigenvalue weighted by atomic mass is 32.1. The largest absolute Gasteiger partial charge is 0.382 e. The maximum Gasteiger partial charge on any atom is 0.177 e. The summed E-state index contributed by atoms with van der Waals surface area (Å²) in [6, 6.07) is 8.35. The van der Waals surface area contributed by atoms with Gasteiger partial charge in [-0.05, 0) is 50.8 Å². The maximum absolute atomic E-state index is 6.05. The third kappa shape index (κ3) is 3.18. The lowest BCUT2D eigenvalue weighted by molar-refractivity contribution is 0.391. The molecular formula is C20H23N7S. The number of thiazole rings is 1. The van der Waals surface area contributed by atoms with Crippen LogP contribution in [0.3, 0.4) is 0 Å². The first-order chi connectivity index (χ1) is 13.5. The van der Waals surface area contributed by atoms with E-state index in [1.54, 1.807) is 15.9 Å². The van der Waals surface area contributed by atoms with Crippen LogP contribution in [0.5, 0.6) is 0 Å². The predicted octanol–water partition coefficient (Wildman–Crippen LogP) is 3.96. The molecule has 4 aromatic rings. The number of fused-ring (bicyclic) bond motifs is 2. The number of nitrogen functional groups attached to an aromatic ring is 1. The van der Waals surface area contributed by atoms with Gasteiger partial charge in [-0.1, -0.05) is 0 Å². The molecule has 1 aliphatic rings. The molecule has 0 amide bonds. The summed E-state index contributed by atoms with van der Waals surface area (Å²) in [5.41, 5.74) is 16.8. The molecule has 0 unspecified atom stereocenters. The Labute approximate surface area is 166 Å². The van der Waals surface area contributed by atoms with Gasteiger partial charge in [-0.2, -0.15) is 0 Å². The fraction of sp³-hybridized carbons (Fsp3) is 0.350. The number of nitrogens with two attached hydrogens (primary N) is 2. The first-order valence-corrected chi connectivity index (χ1v) is 10.4. The summed E-state index contributed by atoms with van der Waals surface area (Å²) >= 11 is 1.70. The highest BCUT2D eigenvalue weighted by molar-refractivity contribution is 7.18. The Bertz CT molecular complexity index is 1150. The van der Waals surface area contributed by atoms with Gasteiger partial charge in [-0.25, -0.2) is 14.5 Å². The molecule has 5 N–H and O–H groups in total. The molecule has 0 bridgehead atoms. The topological polar surface area (TPSA) is 107 Å². The van der Waals surface area contributed by atoms with Crippen LogP contribution in [0.4, 0.5) is 17.2 Å². The standard InChI is InChI=1S/C20H23N7S/c1-11-23-15-8-14(6-7-18(15)28-11)24-16-9-19(22)26-27-10-17(25-20(16)27)12-2-4-13(21)5-3-12/h6-10,12-13,24H,2-5,21H2,1H3,(H2,22,26)/t12-,13-. The van der Waals surface area contributed by atoms with Crippen LogP contribution in [-0.4, -0.2) is 25.6 Å². The van der Waals surface area contributed by atoms with Gasteiger partial charge in [0.15, 0.2) is 5.65 Å². The van der Waals surface area contributed by atoms with Crippen LogP contribution in [0.15, 0.2) is 30.5 Å². The van der Waals surface area contributed by atoms with Crippen LogP contribution in [0, 0.1) is 6.92 Å². The molecule has 0 atom stereocenters. The van der Waals surface area contributed by atoms with Crippen molar-refractivity contribution in [1.82, 2.24) is 19.6 Å². The summed E-state index contributed by atoms with van der Waals surface area (Å²) < 4.78 is 2.97. The molecule has 28 heavy (non-hydrogen) atoms. The average Bonchev–Trinajstić information content (AvgIpc) is 3.24. The van der Waals surface area contributed by atoms with E-state index in [4.69, 9.17) is 16.5 Å². The quantitative estimate of drug-likeness (QED) is 0.486. The molecule has 1 aromatic carbocycles. The lowest BCUT2D eigenvalue weighted by Gasteiger charge is -2.24. The van der Waals surface area contributed by atoms with Gasteiger partial charge in [0.05, 0.1) is 32.8 Å². The fourth-order valence-electron chi connectivity index (χ4n) is 3.99. The van der Waals surface area contributed by atoms with E-state index < -0.39 is 0 Å². The minimum atomic E-state index is 0.323. The van der Waals surface area contributed by atoms with Gasteiger partial charge in [-0.3, -0.25) is 0 Å². The normalized spacial score (nSPS) is 20.1. The molecule has 0 spiro atoms. The Morgan fingerprint density at radius 1 is 1.14 bits per heavy atom. The van der Waals surface area contributed by atoms with Gasteiger partial charge in [0.1, 0.15) is 5.82 Å². The third-order valence-corrected chi connectivity index (χ3v) is 6.38. The van der Waals surface area contributed by atoms with Crippen molar-refractivity contribution in [2.75, 3.05) is 11.1 Å². The molecule has 0 radical (unpaired) electrons. The van der Waals surface area contributed by atoms with Gasteiger partial charge in [-0.15, -0.1) is 16.4 Å². The van der Waals surface area contributed by atoms with Crippen molar-refractivity contribution in [3.8, 4) is 0 Å². The number of aromatic nitrogens is 4. The maximum atomic E-state index is 6.05. The predicted molar refractivity (Wildman–Crippen MR) is 114 cm³/mol. The van der Waals surface area contributed by atoms with Crippen molar-refractivity contribution >= 4 is 44.4 Å². The van der Waals surface area contributed by atoms with E-state index >= 15 is 0 Å². The highest BCUT2D eigenvalue weighted by Crippen LogP contribution is 2.33. The number of imidazole rings is 1. The molecule has 144 valence electrons. The number of rotatable bonds is 3. The third-order valence-electron chi connectivity index (χ3n) is 5.43. The zero-order chi connectivity index (χ0) is 19.3. The molecule has 1 saturated carbocycles. The number of benzene rings is 1. The number of hydrogen-bond donors (Lipinski definition) is 3. The molecule has 1 fully saturated rings. The first-order valence-electron chi connectivity index (χ1n) is 9.61. The summed E-state index contributed by atoms with van der Waals surface area (Å²) in [4.78, 5) is 9.47. The molecule has 0 saturated heterocycles. The van der Waals surface area contributed by atoms with E-state index in [1.807, 2.05) is 19.2 Å². The summed E-state index contributed by atoms with van der Waals surface area (Å²) in [7, 11) is 0. The molecular weight excluding hydrogens is 370 g/mol. The van der Waals surface area contributed by atoms with Crippen LogP contribution >= 0.6 is 11.3 Å². The van der Waals surface area contributed by atoms with E-state index in [9.17, 15) is 0 Å². The van der Waals surface area contributed by atoms with E-state index in [2.05, 4.69) is 33.6 Å². The Morgan fingerprint density at radius 3 is 2.79 bits per heavy atom. The second-order valence-electron chi connectivity index (χ2n) is 7.57. The van der Waals surface area contributed by atoms with E-state index in [0.717, 1.165) is 58.9 Å². The Balaban J connectivity index is 1.50. The van der Waals surface area contributed by atoms with Crippen molar-refractivity contribution in [3.05, 3.63) is 41.2 Å². The van der Waals surface area contributed by atoms with E-state index in [0.29, 0.717) is 17.8 Å². The van der Waals surface area contributed by atoms with E-state index in [-0.39, 0.29) is 0 Å². The van der Waals surface area contributed by atoms with Crippen LogP contribution in [0.1, 0.15) is 42.3 Å². The summed E-state index contributed by atoms with van der Waals surface area (Å²) in [5.74, 6) is 0.889. The minimum Gasteiger partial charge on any atom is -0.382 e. The summed E-state index contributed by atoms with van der Waals surface area (Å²) in [5, 5.41) is 8.93. The molecule has 7 nitrogen and oxygen atoms in total. The molecule has 0 aliphatic heterocycles. The van der Waals surface area contributed by atoms with Gasteiger partial charge < -0.3 is 16.8 Å². The number of aryl methyl sites for hydroxylation is 1. The van der Waals surface area contributed by atoms with Gasteiger partial charge in [0, 0.05) is 23.7 Å². The van der Waals surface area contributed by atoms with Crippen LogP contribution in [0.25, 0.3) is 15.9 Å². The molecule has 8 heteroatoms. The number of nitrogens with zero attached hydrogens (tertiary/aromatic N) is 4. The fourth-order valence-corrected chi connectivity index (χ4v) is 4.80. The SMILES string of the molecule is Cc1nc2cc(Nc3cc(N)nn4cc([C@H]5CC[C@H](N)CC5)nc34)ccc2s1. The van der Waals surface area contributed by atoms with Crippen LogP contribution in [0.2, 0.25) is 0 Å². The number of nitrogens with one attached hydrogen (secondary N) is 1. The van der Waals surface area contributed by atoms with Crippen molar-refractivity contribution in [2.24, 2.45) is 5.73 Å². The second-order valence-corrected chi connectivity index (χ2v) is 8.80. The summed E-state index contributed by atoms with van der Waals surface area (Å²) in [6.07, 6.45) is 6.25. The first kappa shape index (κ1) is 17.4. The van der Waals surface area contributed by atoms with Crippen molar-refractivity contribution in [2.45, 2.75) is 44.6 Å². The Kier molecular flexibility index (Phi) is 4.17. The van der Waals surface area contributed by atoms with Crippen LogP contribution in [-0.2, 0) is 0 Å². The molecule has 5 rings (SSSR count). The zero-order valence-corrected chi connectivity index (χ0v) is 16.5. The van der Waals surface area contributed by atoms with Gasteiger partial charge in [0.25, 0.3) is 0 Å². The van der Waals surface area contributed by atoms with Crippen molar-refractivity contribution in [3.63, 3.8) is 0 Å².